The van der Waals surface area contributed by atoms with Crippen LogP contribution in [0.1, 0.15) is 0 Å². The molecule has 0 saturated carbocycles. The predicted molar refractivity (Wildman–Crippen MR) is 72.9 cm³/mol. The van der Waals surface area contributed by atoms with E-state index < -0.39 is 12.6 Å². The molecule has 0 unspecified atom stereocenters. The Morgan fingerprint density at radius 1 is 1.28 bits per heavy atom. The zero-order valence-corrected chi connectivity index (χ0v) is 11.4. The molecular formula is C12H8Cl2O3S. The quantitative estimate of drug-likeness (QED) is 0.921. The van der Waals surface area contributed by atoms with E-state index in [1.54, 1.807) is 24.3 Å². The van der Waals surface area contributed by atoms with Gasteiger partial charge in [0.2, 0.25) is 0 Å². The van der Waals surface area contributed by atoms with Crippen LogP contribution in [0.3, 0.4) is 0 Å². The summed E-state index contributed by atoms with van der Waals surface area (Å²) in [7, 11) is 0. The van der Waals surface area contributed by atoms with Crippen LogP contribution in [-0.4, -0.2) is 17.7 Å². The fraction of sp³-hybridized carbons (Fsp3) is 0.0833. The van der Waals surface area contributed by atoms with Gasteiger partial charge in [-0.15, -0.1) is 11.3 Å². The number of carboxylic acid groups (broad SMARTS) is 1. The van der Waals surface area contributed by atoms with Gasteiger partial charge in [0.25, 0.3) is 0 Å². The van der Waals surface area contributed by atoms with Crippen molar-refractivity contribution < 1.29 is 14.6 Å². The minimum Gasteiger partial charge on any atom is -0.481 e. The van der Waals surface area contributed by atoms with Gasteiger partial charge in [-0.05, 0) is 30.3 Å². The summed E-state index contributed by atoms with van der Waals surface area (Å²) in [6.07, 6.45) is 0. The van der Waals surface area contributed by atoms with Crippen LogP contribution >= 0.6 is 34.5 Å². The highest BCUT2D eigenvalue weighted by atomic mass is 35.5. The lowest BCUT2D eigenvalue weighted by Crippen LogP contribution is -2.09. The molecule has 18 heavy (non-hydrogen) atoms. The molecule has 6 heteroatoms. The van der Waals surface area contributed by atoms with E-state index in [-0.39, 0.29) is 0 Å². The number of hydrogen-bond donors (Lipinski definition) is 1. The summed E-state index contributed by atoms with van der Waals surface area (Å²) in [4.78, 5) is 11.4. The summed E-state index contributed by atoms with van der Waals surface area (Å²) in [6.45, 7) is -0.395. The van der Waals surface area contributed by atoms with Gasteiger partial charge in [0.1, 0.15) is 5.75 Å². The Bertz CT molecular complexity index is 580. The first-order valence-electron chi connectivity index (χ1n) is 4.96. The van der Waals surface area contributed by atoms with Gasteiger partial charge in [0.15, 0.2) is 6.61 Å². The minimum atomic E-state index is -1.03. The van der Waals surface area contributed by atoms with Crippen molar-refractivity contribution in [3.8, 4) is 16.2 Å². The number of hydrogen-bond acceptors (Lipinski definition) is 3. The van der Waals surface area contributed by atoms with Crippen molar-refractivity contribution in [3.63, 3.8) is 0 Å². The number of thiophene rings is 1. The summed E-state index contributed by atoms with van der Waals surface area (Å²) in [6, 6.07) is 8.63. The molecule has 0 bridgehead atoms. The van der Waals surface area contributed by atoms with Crippen molar-refractivity contribution in [2.24, 2.45) is 0 Å². The second-order valence-electron chi connectivity index (χ2n) is 3.43. The van der Waals surface area contributed by atoms with Crippen LogP contribution in [0.2, 0.25) is 9.36 Å². The topological polar surface area (TPSA) is 46.5 Å². The van der Waals surface area contributed by atoms with Gasteiger partial charge in [-0.3, -0.25) is 0 Å². The van der Waals surface area contributed by atoms with Crippen LogP contribution in [0.15, 0.2) is 30.3 Å². The van der Waals surface area contributed by atoms with Crippen molar-refractivity contribution in [1.82, 2.24) is 0 Å². The number of ether oxygens (including phenoxy) is 1. The van der Waals surface area contributed by atoms with Crippen LogP contribution in [0.4, 0.5) is 0 Å². The number of carboxylic acids is 1. The van der Waals surface area contributed by atoms with E-state index >= 15 is 0 Å². The molecule has 1 N–H and O–H groups in total. The third kappa shape index (κ3) is 3.16. The highest BCUT2D eigenvalue weighted by Gasteiger charge is 2.11. The van der Waals surface area contributed by atoms with Crippen LogP contribution < -0.4 is 4.74 Å². The Balaban J connectivity index is 2.37. The van der Waals surface area contributed by atoms with E-state index in [1.807, 2.05) is 6.07 Å². The molecule has 0 saturated heterocycles. The number of aliphatic carboxylic acids is 1. The van der Waals surface area contributed by atoms with Crippen molar-refractivity contribution in [1.29, 1.82) is 0 Å². The molecule has 0 aliphatic carbocycles. The zero-order chi connectivity index (χ0) is 13.1. The monoisotopic (exact) mass is 302 g/mol. The molecule has 0 radical (unpaired) electrons. The average molecular weight is 303 g/mol. The van der Waals surface area contributed by atoms with E-state index in [2.05, 4.69) is 0 Å². The number of benzene rings is 1. The first-order valence-corrected chi connectivity index (χ1v) is 6.53. The Morgan fingerprint density at radius 2 is 2.06 bits per heavy atom. The number of halogens is 2. The maximum absolute atomic E-state index is 10.5. The average Bonchev–Trinajstić information content (AvgIpc) is 2.74. The Hall–Kier alpha value is -1.23. The molecular weight excluding hydrogens is 295 g/mol. The summed E-state index contributed by atoms with van der Waals surface area (Å²) in [5, 5.41) is 9.18. The molecule has 0 fully saturated rings. The van der Waals surface area contributed by atoms with Crippen molar-refractivity contribution in [2.75, 3.05) is 6.61 Å². The third-order valence-corrected chi connectivity index (χ3v) is 3.63. The molecule has 0 aliphatic heterocycles. The molecule has 2 aromatic rings. The van der Waals surface area contributed by atoms with E-state index in [9.17, 15) is 4.79 Å². The highest BCUT2D eigenvalue weighted by Crippen LogP contribution is 2.38. The number of carbonyl (C=O) groups is 1. The molecule has 0 spiro atoms. The zero-order valence-electron chi connectivity index (χ0n) is 9.02. The van der Waals surface area contributed by atoms with E-state index in [0.717, 1.165) is 10.4 Å². The maximum Gasteiger partial charge on any atom is 0.341 e. The van der Waals surface area contributed by atoms with Gasteiger partial charge in [-0.1, -0.05) is 23.2 Å². The molecule has 0 amide bonds. The van der Waals surface area contributed by atoms with Crippen molar-refractivity contribution >= 4 is 40.5 Å². The van der Waals surface area contributed by atoms with Gasteiger partial charge in [-0.25, -0.2) is 4.79 Å². The first-order chi connectivity index (χ1) is 8.56. The van der Waals surface area contributed by atoms with Crippen molar-refractivity contribution in [2.45, 2.75) is 0 Å². The van der Waals surface area contributed by atoms with Gasteiger partial charge >= 0.3 is 5.97 Å². The SMILES string of the molecule is O=C(O)COc1ccc(Cl)cc1-c1ccc(Cl)s1. The van der Waals surface area contributed by atoms with E-state index in [4.69, 9.17) is 33.0 Å². The molecule has 1 aromatic heterocycles. The lowest BCUT2D eigenvalue weighted by molar-refractivity contribution is -0.139. The normalized spacial score (nSPS) is 10.3. The van der Waals surface area contributed by atoms with Crippen molar-refractivity contribution in [3.05, 3.63) is 39.7 Å². The molecule has 1 heterocycles. The van der Waals surface area contributed by atoms with Gasteiger partial charge in [0.05, 0.1) is 4.34 Å². The molecule has 94 valence electrons. The minimum absolute atomic E-state index is 0.395. The lowest BCUT2D eigenvalue weighted by Gasteiger charge is -2.09. The fourth-order valence-electron chi connectivity index (χ4n) is 1.42. The molecule has 2 rings (SSSR count). The smallest absolute Gasteiger partial charge is 0.341 e. The summed E-state index contributed by atoms with van der Waals surface area (Å²) in [5.41, 5.74) is 0.737. The molecule has 0 aliphatic rings. The van der Waals surface area contributed by atoms with Crippen LogP contribution in [0.25, 0.3) is 10.4 Å². The van der Waals surface area contributed by atoms with E-state index in [0.29, 0.717) is 15.1 Å². The summed E-state index contributed by atoms with van der Waals surface area (Å²) in [5.74, 6) is -0.555. The lowest BCUT2D eigenvalue weighted by atomic mass is 10.1. The summed E-state index contributed by atoms with van der Waals surface area (Å²) >= 11 is 13.2. The van der Waals surface area contributed by atoms with Crippen LogP contribution in [0.5, 0.6) is 5.75 Å². The second kappa shape index (κ2) is 5.61. The van der Waals surface area contributed by atoms with Gasteiger partial charge in [0, 0.05) is 15.5 Å². The molecule has 0 atom stereocenters. The second-order valence-corrected chi connectivity index (χ2v) is 5.58. The predicted octanol–water partition coefficient (Wildman–Crippen LogP) is 4.19. The Kier molecular flexibility index (Phi) is 4.11. The van der Waals surface area contributed by atoms with Gasteiger partial charge < -0.3 is 9.84 Å². The first kappa shape index (κ1) is 13.2. The van der Waals surface area contributed by atoms with Crippen LogP contribution in [-0.2, 0) is 4.79 Å². The molecule has 3 nitrogen and oxygen atoms in total. The van der Waals surface area contributed by atoms with Gasteiger partial charge in [-0.2, -0.15) is 0 Å². The highest BCUT2D eigenvalue weighted by molar-refractivity contribution is 7.19. The van der Waals surface area contributed by atoms with Crippen LogP contribution in [0, 0.1) is 0 Å². The maximum atomic E-state index is 10.5. The van der Waals surface area contributed by atoms with E-state index in [1.165, 1.54) is 11.3 Å². The Labute approximate surface area is 118 Å². The largest absolute Gasteiger partial charge is 0.481 e. The standard InChI is InChI=1S/C12H8Cl2O3S/c13-7-1-2-9(17-6-12(15)16)8(5-7)10-3-4-11(14)18-10/h1-5H,6H2,(H,15,16). The Morgan fingerprint density at radius 3 is 2.67 bits per heavy atom. The molecule has 1 aromatic carbocycles. The summed E-state index contributed by atoms with van der Waals surface area (Å²) < 4.78 is 5.87. The number of rotatable bonds is 4. The fourth-order valence-corrected chi connectivity index (χ4v) is 2.66. The third-order valence-electron chi connectivity index (χ3n) is 2.13.